The fourth-order valence-electron chi connectivity index (χ4n) is 4.40. The minimum Gasteiger partial charge on any atom is -0.366 e. The Morgan fingerprint density at radius 3 is 2.00 bits per heavy atom. The molecule has 5 N–H and O–H groups in total. The number of hydrazine groups is 1. The minimum absolute atomic E-state index is 0.0208. The number of nitrogens with two attached hydrogens (primary N) is 1. The number of benzene rings is 3. The van der Waals surface area contributed by atoms with E-state index in [1.165, 1.54) is 22.3 Å². The smallest absolute Gasteiger partial charge is 0.139 e. The summed E-state index contributed by atoms with van der Waals surface area (Å²) in [7, 11) is 0. The van der Waals surface area contributed by atoms with E-state index in [2.05, 4.69) is 109 Å². The van der Waals surface area contributed by atoms with E-state index in [9.17, 15) is 0 Å². The maximum absolute atomic E-state index is 6.37. The van der Waals surface area contributed by atoms with Gasteiger partial charge in [-0.15, -0.1) is 0 Å². The van der Waals surface area contributed by atoms with E-state index < -0.39 is 0 Å². The summed E-state index contributed by atoms with van der Waals surface area (Å²) in [5.41, 5.74) is 9.43. The summed E-state index contributed by atoms with van der Waals surface area (Å²) >= 11 is 0. The van der Waals surface area contributed by atoms with Gasteiger partial charge in [0.2, 0.25) is 0 Å². The Morgan fingerprint density at radius 1 is 0.758 bits per heavy atom. The molecule has 0 aliphatic carbocycles. The van der Waals surface area contributed by atoms with Crippen molar-refractivity contribution in [3.05, 3.63) is 119 Å². The fourth-order valence-corrected chi connectivity index (χ4v) is 4.40. The molecule has 2 unspecified atom stereocenters. The normalized spacial score (nSPS) is 19.4. The van der Waals surface area contributed by atoms with Gasteiger partial charge >= 0.3 is 0 Å². The number of rotatable bonds is 6. The average molecular weight is 438 g/mol. The molecule has 5 heteroatoms. The summed E-state index contributed by atoms with van der Waals surface area (Å²) in [6.45, 7) is 4.34. The Labute approximate surface area is 196 Å². The molecule has 2 heterocycles. The van der Waals surface area contributed by atoms with Crippen molar-refractivity contribution in [2.45, 2.75) is 39.0 Å². The van der Waals surface area contributed by atoms with Crippen molar-refractivity contribution in [1.82, 2.24) is 21.0 Å². The first-order valence-corrected chi connectivity index (χ1v) is 11.7. The third-order valence-corrected chi connectivity index (χ3v) is 6.47. The van der Waals surface area contributed by atoms with Gasteiger partial charge < -0.3 is 16.0 Å². The van der Waals surface area contributed by atoms with Crippen molar-refractivity contribution in [3.63, 3.8) is 0 Å². The summed E-state index contributed by atoms with van der Waals surface area (Å²) in [4.78, 5) is 0. The second kappa shape index (κ2) is 9.04. The molecule has 168 valence electrons. The highest BCUT2D eigenvalue weighted by Crippen LogP contribution is 2.30. The van der Waals surface area contributed by atoms with Crippen LogP contribution in [0.2, 0.25) is 0 Å². The van der Waals surface area contributed by atoms with Crippen molar-refractivity contribution in [1.29, 1.82) is 0 Å². The van der Waals surface area contributed by atoms with Gasteiger partial charge in [-0.25, -0.2) is 5.84 Å². The fraction of sp³-hybridized carbons (Fsp3) is 0.214. The molecule has 0 saturated carbocycles. The second-order valence-electron chi connectivity index (χ2n) is 8.61. The first kappa shape index (κ1) is 21.2. The molecular weight excluding hydrogens is 406 g/mol. The largest absolute Gasteiger partial charge is 0.366 e. The lowest BCUT2D eigenvalue weighted by Gasteiger charge is -2.23. The Hall–Kier alpha value is -3.70. The van der Waals surface area contributed by atoms with Crippen LogP contribution in [0.5, 0.6) is 0 Å². The van der Waals surface area contributed by atoms with Crippen molar-refractivity contribution in [2.75, 3.05) is 0 Å². The van der Waals surface area contributed by atoms with Crippen molar-refractivity contribution < 1.29 is 0 Å². The van der Waals surface area contributed by atoms with Crippen LogP contribution in [0.3, 0.4) is 0 Å². The molecule has 0 radical (unpaired) electrons. The Kier molecular flexibility index (Phi) is 5.80. The van der Waals surface area contributed by atoms with Crippen LogP contribution in [0.4, 0.5) is 0 Å². The number of hydrogen-bond donors (Lipinski definition) is 4. The molecule has 0 saturated heterocycles. The van der Waals surface area contributed by atoms with Crippen LogP contribution >= 0.6 is 0 Å². The van der Waals surface area contributed by atoms with Crippen LogP contribution in [0.15, 0.2) is 85.2 Å². The van der Waals surface area contributed by atoms with E-state index in [4.69, 9.17) is 5.84 Å². The summed E-state index contributed by atoms with van der Waals surface area (Å²) in [5, 5.41) is 12.4. The highest BCUT2D eigenvalue weighted by atomic mass is 15.5. The van der Waals surface area contributed by atoms with Crippen LogP contribution in [-0.2, 0) is 12.8 Å². The van der Waals surface area contributed by atoms with Gasteiger partial charge in [0.25, 0.3) is 0 Å². The molecule has 0 aromatic heterocycles. The van der Waals surface area contributed by atoms with Gasteiger partial charge in [-0.2, -0.15) is 0 Å². The van der Waals surface area contributed by atoms with E-state index in [0.29, 0.717) is 0 Å². The molecule has 2 aliphatic rings. The maximum atomic E-state index is 6.37. The highest BCUT2D eigenvalue weighted by Gasteiger charge is 2.25. The van der Waals surface area contributed by atoms with Crippen LogP contribution in [0.25, 0.3) is 11.4 Å². The van der Waals surface area contributed by atoms with Gasteiger partial charge in [-0.3, -0.25) is 5.01 Å². The number of nitrogens with one attached hydrogen (secondary N) is 3. The standard InChI is InChI=1S/C28H31N5/c1-3-19-8-12-21(13-9-19)25-17-30-27(31-25)23-6-5-7-24(16-23)28-32-26(18-33(28)29)22-14-10-20(4-2)11-15-22/h5-18,27-28,30-32H,3-4,29H2,1-2H3. The molecule has 3 aromatic rings. The maximum Gasteiger partial charge on any atom is 0.139 e. The zero-order valence-electron chi connectivity index (χ0n) is 19.2. The third kappa shape index (κ3) is 4.32. The predicted molar refractivity (Wildman–Crippen MR) is 135 cm³/mol. The monoisotopic (exact) mass is 437 g/mol. The quantitative estimate of drug-likeness (QED) is 0.418. The molecule has 2 aliphatic heterocycles. The Bertz CT molecular complexity index is 1180. The van der Waals surface area contributed by atoms with Crippen molar-refractivity contribution >= 4 is 11.4 Å². The first-order chi connectivity index (χ1) is 16.1. The van der Waals surface area contributed by atoms with Crippen molar-refractivity contribution in [2.24, 2.45) is 5.84 Å². The van der Waals surface area contributed by atoms with Gasteiger partial charge in [0, 0.05) is 12.4 Å². The van der Waals surface area contributed by atoms with Gasteiger partial charge in [-0.05, 0) is 52.3 Å². The third-order valence-electron chi connectivity index (χ3n) is 6.47. The Balaban J connectivity index is 1.28. The lowest BCUT2D eigenvalue weighted by atomic mass is 10.1. The molecule has 33 heavy (non-hydrogen) atoms. The van der Waals surface area contributed by atoms with Crippen LogP contribution < -0.4 is 21.8 Å². The number of nitrogens with zero attached hydrogens (tertiary/aromatic N) is 1. The van der Waals surface area contributed by atoms with E-state index in [1.54, 1.807) is 5.01 Å². The molecule has 2 atom stereocenters. The average Bonchev–Trinajstić information content (AvgIpc) is 3.52. The summed E-state index contributed by atoms with van der Waals surface area (Å²) in [6.07, 6.45) is 6.03. The highest BCUT2D eigenvalue weighted by molar-refractivity contribution is 5.67. The van der Waals surface area contributed by atoms with E-state index >= 15 is 0 Å². The molecule has 3 aromatic carbocycles. The van der Waals surface area contributed by atoms with E-state index in [1.807, 2.05) is 6.20 Å². The van der Waals surface area contributed by atoms with Crippen molar-refractivity contribution in [3.8, 4) is 0 Å². The van der Waals surface area contributed by atoms with Gasteiger partial charge in [-0.1, -0.05) is 80.6 Å². The number of aryl methyl sites for hydroxylation is 2. The second-order valence-corrected chi connectivity index (χ2v) is 8.61. The van der Waals surface area contributed by atoms with E-state index in [0.717, 1.165) is 35.4 Å². The summed E-state index contributed by atoms with van der Waals surface area (Å²) < 4.78 is 0. The zero-order valence-corrected chi connectivity index (χ0v) is 19.2. The summed E-state index contributed by atoms with van der Waals surface area (Å²) in [5.74, 6) is 6.37. The lowest BCUT2D eigenvalue weighted by molar-refractivity contribution is 0.294. The van der Waals surface area contributed by atoms with Gasteiger partial charge in [0.15, 0.2) is 0 Å². The molecule has 0 fully saturated rings. The first-order valence-electron chi connectivity index (χ1n) is 11.7. The number of hydrogen-bond acceptors (Lipinski definition) is 5. The lowest BCUT2D eigenvalue weighted by Crippen LogP contribution is -2.33. The van der Waals surface area contributed by atoms with E-state index in [-0.39, 0.29) is 12.3 Å². The molecular formula is C28H31N5. The van der Waals surface area contributed by atoms with Gasteiger partial charge in [0.05, 0.1) is 11.4 Å². The van der Waals surface area contributed by atoms with Crippen LogP contribution in [0.1, 0.15) is 59.6 Å². The molecule has 0 amide bonds. The van der Waals surface area contributed by atoms with Crippen LogP contribution in [-0.4, -0.2) is 5.01 Å². The summed E-state index contributed by atoms with van der Waals surface area (Å²) in [6, 6.07) is 25.9. The topological polar surface area (TPSA) is 65.3 Å². The SMILES string of the molecule is CCc1ccc(C2=CNC(c3cccc(C4NC(c5ccc(CC)cc5)=CN4N)c3)N2)cc1. The molecule has 0 spiro atoms. The minimum atomic E-state index is -0.110. The molecule has 5 rings (SSSR count). The Morgan fingerprint density at radius 2 is 1.36 bits per heavy atom. The van der Waals surface area contributed by atoms with Crippen LogP contribution in [0, 0.1) is 0 Å². The predicted octanol–water partition coefficient (Wildman–Crippen LogP) is 4.78. The van der Waals surface area contributed by atoms with Gasteiger partial charge in [0.1, 0.15) is 12.3 Å². The molecule has 5 nitrogen and oxygen atoms in total. The molecule has 0 bridgehead atoms. The zero-order chi connectivity index (χ0) is 22.8.